The lowest BCUT2D eigenvalue weighted by atomic mass is 10.1. The first-order chi connectivity index (χ1) is 8.69. The molecule has 6 nitrogen and oxygen atoms in total. The van der Waals surface area contributed by atoms with E-state index in [0.717, 1.165) is 18.1 Å². The Morgan fingerprint density at radius 2 is 2.28 bits per heavy atom. The second kappa shape index (κ2) is 5.68. The molecule has 18 heavy (non-hydrogen) atoms. The Kier molecular flexibility index (Phi) is 3.99. The third kappa shape index (κ3) is 3.10. The molecule has 6 heteroatoms. The zero-order valence-electron chi connectivity index (χ0n) is 11.0. The second-order valence-corrected chi connectivity index (χ2v) is 4.27. The van der Waals surface area contributed by atoms with Gasteiger partial charge in [0, 0.05) is 12.6 Å². The number of rotatable bonds is 5. The van der Waals surface area contributed by atoms with Crippen molar-refractivity contribution in [1.29, 1.82) is 0 Å². The topological polar surface area (TPSA) is 68.5 Å². The van der Waals surface area contributed by atoms with Crippen molar-refractivity contribution in [1.82, 2.24) is 30.5 Å². The second-order valence-electron chi connectivity index (χ2n) is 4.27. The molecule has 1 unspecified atom stereocenters. The van der Waals surface area contributed by atoms with Crippen LogP contribution in [0.2, 0.25) is 0 Å². The lowest BCUT2D eigenvalue weighted by Gasteiger charge is -2.15. The number of nitrogens with zero attached hydrogens (tertiary/aromatic N) is 5. The number of tetrazole rings is 1. The number of pyridine rings is 1. The quantitative estimate of drug-likeness (QED) is 0.845. The molecule has 1 N–H and O–H groups in total. The van der Waals surface area contributed by atoms with Crippen LogP contribution in [-0.2, 0) is 13.5 Å². The third-order valence-corrected chi connectivity index (χ3v) is 2.68. The highest BCUT2D eigenvalue weighted by Crippen LogP contribution is 2.15. The zero-order chi connectivity index (χ0) is 13.0. The Bertz CT molecular complexity index is 507. The molecule has 0 aromatic carbocycles. The van der Waals surface area contributed by atoms with Gasteiger partial charge in [0.25, 0.3) is 0 Å². The molecular formula is C12H18N6. The van der Waals surface area contributed by atoms with Crippen LogP contribution < -0.4 is 5.32 Å². The zero-order valence-corrected chi connectivity index (χ0v) is 11.0. The van der Waals surface area contributed by atoms with Gasteiger partial charge in [-0.1, -0.05) is 6.92 Å². The maximum absolute atomic E-state index is 4.42. The average Bonchev–Trinajstić information content (AvgIpc) is 2.74. The van der Waals surface area contributed by atoms with E-state index in [1.54, 1.807) is 7.05 Å². The molecular weight excluding hydrogens is 228 g/mol. The van der Waals surface area contributed by atoms with E-state index in [-0.39, 0.29) is 6.04 Å². The van der Waals surface area contributed by atoms with Gasteiger partial charge >= 0.3 is 0 Å². The number of aryl methyl sites for hydroxylation is 2. The molecule has 2 aromatic heterocycles. The molecule has 0 fully saturated rings. The highest BCUT2D eigenvalue weighted by atomic mass is 15.6. The summed E-state index contributed by atoms with van der Waals surface area (Å²) in [4.78, 5) is 5.89. The molecule has 0 saturated heterocycles. The molecule has 2 aromatic rings. The Morgan fingerprint density at radius 1 is 1.44 bits per heavy atom. The molecule has 0 aliphatic rings. The smallest absolute Gasteiger partial charge is 0.176 e. The molecule has 0 spiro atoms. The van der Waals surface area contributed by atoms with Gasteiger partial charge in [0.05, 0.1) is 18.8 Å². The number of aromatic nitrogens is 5. The maximum Gasteiger partial charge on any atom is 0.176 e. The molecule has 2 heterocycles. The van der Waals surface area contributed by atoms with Crippen molar-refractivity contribution in [3.63, 3.8) is 0 Å². The van der Waals surface area contributed by atoms with Crippen LogP contribution >= 0.6 is 0 Å². The fourth-order valence-electron chi connectivity index (χ4n) is 1.87. The summed E-state index contributed by atoms with van der Waals surface area (Å²) < 4.78 is 0. The van der Waals surface area contributed by atoms with Crippen molar-refractivity contribution in [2.45, 2.75) is 26.3 Å². The van der Waals surface area contributed by atoms with Gasteiger partial charge in [-0.2, -0.15) is 4.80 Å². The predicted octanol–water partition coefficient (Wildman–Crippen LogP) is 0.807. The van der Waals surface area contributed by atoms with E-state index < -0.39 is 0 Å². The van der Waals surface area contributed by atoms with Gasteiger partial charge in [-0.15, -0.1) is 10.2 Å². The first-order valence-corrected chi connectivity index (χ1v) is 6.08. The van der Waals surface area contributed by atoms with Gasteiger partial charge in [-0.25, -0.2) is 0 Å². The summed E-state index contributed by atoms with van der Waals surface area (Å²) in [6.07, 6.45) is 2.53. The van der Waals surface area contributed by atoms with E-state index in [0.29, 0.717) is 6.42 Å². The van der Waals surface area contributed by atoms with Crippen molar-refractivity contribution < 1.29 is 0 Å². The molecule has 0 aliphatic heterocycles. The van der Waals surface area contributed by atoms with Crippen molar-refractivity contribution in [2.75, 3.05) is 6.54 Å². The fourth-order valence-corrected chi connectivity index (χ4v) is 1.87. The van der Waals surface area contributed by atoms with Crippen LogP contribution in [-0.4, -0.2) is 31.7 Å². The summed E-state index contributed by atoms with van der Waals surface area (Å²) in [7, 11) is 1.77. The first-order valence-electron chi connectivity index (χ1n) is 6.08. The van der Waals surface area contributed by atoms with Gasteiger partial charge in [0.2, 0.25) is 0 Å². The van der Waals surface area contributed by atoms with E-state index in [4.69, 9.17) is 0 Å². The maximum atomic E-state index is 4.42. The predicted molar refractivity (Wildman–Crippen MR) is 67.9 cm³/mol. The normalized spacial score (nSPS) is 12.6. The van der Waals surface area contributed by atoms with Crippen molar-refractivity contribution in [3.8, 4) is 0 Å². The van der Waals surface area contributed by atoms with Crippen LogP contribution in [0.15, 0.2) is 18.3 Å². The van der Waals surface area contributed by atoms with E-state index in [9.17, 15) is 0 Å². The van der Waals surface area contributed by atoms with Crippen molar-refractivity contribution in [2.24, 2.45) is 7.05 Å². The molecule has 0 radical (unpaired) electrons. The standard InChI is InChI=1S/C12H18N6/c1-4-13-11(8-12-15-17-18(3)16-12)10-7-9(2)5-6-14-10/h5-7,11,13H,4,8H2,1-3H3. The summed E-state index contributed by atoms with van der Waals surface area (Å²) >= 11 is 0. The first kappa shape index (κ1) is 12.6. The molecule has 0 bridgehead atoms. The van der Waals surface area contributed by atoms with Crippen LogP contribution in [0.25, 0.3) is 0 Å². The largest absolute Gasteiger partial charge is 0.309 e. The molecule has 0 amide bonds. The Balaban J connectivity index is 2.17. The van der Waals surface area contributed by atoms with Gasteiger partial charge in [0.15, 0.2) is 5.82 Å². The van der Waals surface area contributed by atoms with Crippen LogP contribution in [0.1, 0.15) is 30.0 Å². The molecule has 96 valence electrons. The number of hydrogen-bond acceptors (Lipinski definition) is 5. The van der Waals surface area contributed by atoms with Crippen molar-refractivity contribution >= 4 is 0 Å². The molecule has 0 saturated carbocycles. The number of likely N-dealkylation sites (N-methyl/N-ethyl adjacent to an activating group) is 1. The minimum atomic E-state index is 0.124. The van der Waals surface area contributed by atoms with E-state index in [2.05, 4.69) is 45.6 Å². The lowest BCUT2D eigenvalue weighted by Crippen LogP contribution is -2.24. The van der Waals surface area contributed by atoms with Crippen LogP contribution in [0.3, 0.4) is 0 Å². The summed E-state index contributed by atoms with van der Waals surface area (Å²) in [5, 5.41) is 15.5. The van der Waals surface area contributed by atoms with Crippen LogP contribution in [0.5, 0.6) is 0 Å². The summed E-state index contributed by atoms with van der Waals surface area (Å²) in [5.74, 6) is 0.728. The summed E-state index contributed by atoms with van der Waals surface area (Å²) in [6, 6.07) is 4.20. The number of nitrogens with one attached hydrogen (secondary N) is 1. The van der Waals surface area contributed by atoms with Gasteiger partial charge in [-0.3, -0.25) is 4.98 Å². The van der Waals surface area contributed by atoms with Gasteiger partial charge in [0.1, 0.15) is 0 Å². The molecule has 2 rings (SSSR count). The molecule has 1 atom stereocenters. The highest BCUT2D eigenvalue weighted by Gasteiger charge is 2.15. The van der Waals surface area contributed by atoms with Crippen molar-refractivity contribution in [3.05, 3.63) is 35.4 Å². The van der Waals surface area contributed by atoms with Crippen LogP contribution in [0.4, 0.5) is 0 Å². The average molecular weight is 246 g/mol. The van der Waals surface area contributed by atoms with Gasteiger partial charge < -0.3 is 5.32 Å². The Morgan fingerprint density at radius 3 is 2.89 bits per heavy atom. The fraction of sp³-hybridized carbons (Fsp3) is 0.500. The summed E-state index contributed by atoms with van der Waals surface area (Å²) in [5.41, 5.74) is 2.22. The van der Waals surface area contributed by atoms with E-state index >= 15 is 0 Å². The Labute approximate surface area is 106 Å². The SMILES string of the molecule is CCNC(Cc1nnn(C)n1)c1cc(C)ccn1. The minimum absolute atomic E-state index is 0.124. The number of hydrogen-bond donors (Lipinski definition) is 1. The molecule has 0 aliphatic carbocycles. The van der Waals surface area contributed by atoms with Crippen LogP contribution in [0, 0.1) is 6.92 Å². The van der Waals surface area contributed by atoms with E-state index in [1.165, 1.54) is 10.4 Å². The summed E-state index contributed by atoms with van der Waals surface area (Å²) in [6.45, 7) is 5.02. The Hall–Kier alpha value is -1.82. The third-order valence-electron chi connectivity index (χ3n) is 2.68. The highest BCUT2D eigenvalue weighted by molar-refractivity contribution is 5.18. The minimum Gasteiger partial charge on any atom is -0.309 e. The lowest BCUT2D eigenvalue weighted by molar-refractivity contribution is 0.522. The van der Waals surface area contributed by atoms with Gasteiger partial charge in [-0.05, 0) is 36.4 Å². The monoisotopic (exact) mass is 246 g/mol. The van der Waals surface area contributed by atoms with E-state index in [1.807, 2.05) is 12.3 Å².